The van der Waals surface area contributed by atoms with Crippen molar-refractivity contribution in [2.45, 2.75) is 0 Å². The summed E-state index contributed by atoms with van der Waals surface area (Å²) < 4.78 is -0.0125. The van der Waals surface area contributed by atoms with E-state index in [4.69, 9.17) is 10.5 Å². The molecule has 0 spiro atoms. The number of carbonyl (C=O) groups excluding carboxylic acids is 2. The van der Waals surface area contributed by atoms with Crippen molar-refractivity contribution >= 4 is 17.8 Å². The SMILES string of the molecule is N#Cc1nc(N2C(=O)C=CC2=O)n([O-])c1C#N. The Labute approximate surface area is 94.2 Å². The second kappa shape index (κ2) is 3.47. The van der Waals surface area contributed by atoms with E-state index < -0.39 is 29.2 Å². The smallest absolute Gasteiger partial charge is 0.260 e. The molecule has 1 aromatic heterocycles. The normalized spacial score (nSPS) is 13.9. The van der Waals surface area contributed by atoms with Gasteiger partial charge in [0.2, 0.25) is 5.95 Å². The van der Waals surface area contributed by atoms with Crippen molar-refractivity contribution in [1.29, 1.82) is 10.5 Å². The first-order valence-corrected chi connectivity index (χ1v) is 4.26. The van der Waals surface area contributed by atoms with E-state index in [1.807, 2.05) is 0 Å². The molecule has 17 heavy (non-hydrogen) atoms. The summed E-state index contributed by atoms with van der Waals surface area (Å²) in [6.07, 6.45) is 1.93. The highest BCUT2D eigenvalue weighted by Crippen LogP contribution is 2.20. The van der Waals surface area contributed by atoms with Gasteiger partial charge in [0.05, 0.1) is 0 Å². The molecule has 0 atom stereocenters. The highest BCUT2D eigenvalue weighted by molar-refractivity contribution is 6.27. The van der Waals surface area contributed by atoms with Crippen molar-refractivity contribution in [3.63, 3.8) is 0 Å². The minimum atomic E-state index is -0.744. The molecule has 8 nitrogen and oxygen atoms in total. The number of nitriles is 2. The van der Waals surface area contributed by atoms with Gasteiger partial charge in [-0.1, -0.05) is 0 Å². The van der Waals surface area contributed by atoms with E-state index in [1.54, 1.807) is 0 Å². The highest BCUT2D eigenvalue weighted by atomic mass is 16.5. The van der Waals surface area contributed by atoms with E-state index in [0.717, 1.165) is 12.2 Å². The van der Waals surface area contributed by atoms with Gasteiger partial charge in [0, 0.05) is 12.2 Å². The molecule has 8 heteroatoms. The Balaban J connectivity index is 2.60. The van der Waals surface area contributed by atoms with Crippen LogP contribution in [0.5, 0.6) is 0 Å². The number of amides is 2. The van der Waals surface area contributed by atoms with Crippen molar-refractivity contribution < 1.29 is 9.59 Å². The minimum Gasteiger partial charge on any atom is -0.803 e. The Morgan fingerprint density at radius 3 is 2.18 bits per heavy atom. The molecule has 0 radical (unpaired) electrons. The Morgan fingerprint density at radius 2 is 1.76 bits per heavy atom. The van der Waals surface area contributed by atoms with Gasteiger partial charge < -0.3 is 9.94 Å². The van der Waals surface area contributed by atoms with Gasteiger partial charge in [-0.2, -0.15) is 15.5 Å². The van der Waals surface area contributed by atoms with Gasteiger partial charge in [0.25, 0.3) is 11.8 Å². The fourth-order valence-electron chi connectivity index (χ4n) is 1.31. The van der Waals surface area contributed by atoms with Gasteiger partial charge in [-0.15, -0.1) is 0 Å². The number of carbonyl (C=O) groups is 2. The maximum atomic E-state index is 11.6. The van der Waals surface area contributed by atoms with Gasteiger partial charge in [-0.05, 0) is 0 Å². The summed E-state index contributed by atoms with van der Waals surface area (Å²) in [4.78, 5) is 26.6. The molecule has 2 amide bonds. The predicted molar refractivity (Wildman–Crippen MR) is 52.1 cm³/mol. The van der Waals surface area contributed by atoms with Crippen LogP contribution in [0.25, 0.3) is 0 Å². The zero-order valence-corrected chi connectivity index (χ0v) is 8.12. The van der Waals surface area contributed by atoms with Crippen molar-refractivity contribution in [2.75, 3.05) is 4.90 Å². The van der Waals surface area contributed by atoms with Gasteiger partial charge in [-0.25, -0.2) is 4.90 Å². The van der Waals surface area contributed by atoms with Crippen LogP contribution in [0, 0.1) is 27.9 Å². The second-order valence-corrected chi connectivity index (χ2v) is 2.97. The van der Waals surface area contributed by atoms with Crippen LogP contribution in [0.3, 0.4) is 0 Å². The summed E-state index contributed by atoms with van der Waals surface area (Å²) in [7, 11) is 0. The predicted octanol–water partition coefficient (Wildman–Crippen LogP) is -0.598. The zero-order chi connectivity index (χ0) is 12.6. The third kappa shape index (κ3) is 1.33. The quantitative estimate of drug-likeness (QED) is 0.590. The minimum absolute atomic E-state index is 0.0125. The lowest BCUT2D eigenvalue weighted by Gasteiger charge is -2.17. The van der Waals surface area contributed by atoms with E-state index in [0.29, 0.717) is 4.90 Å². The second-order valence-electron chi connectivity index (χ2n) is 2.97. The van der Waals surface area contributed by atoms with Crippen molar-refractivity contribution in [1.82, 2.24) is 9.71 Å². The Hall–Kier alpha value is -3.13. The molecule has 0 aromatic carbocycles. The summed E-state index contributed by atoms with van der Waals surface area (Å²) in [5.41, 5.74) is -0.972. The molecule has 2 rings (SSSR count). The van der Waals surface area contributed by atoms with Crippen molar-refractivity contribution in [3.05, 3.63) is 28.7 Å². The number of imide groups is 1. The summed E-state index contributed by atoms with van der Waals surface area (Å²) in [5, 5.41) is 28.9. The molecular weight excluding hydrogens is 226 g/mol. The Bertz CT molecular complexity index is 625. The first-order valence-electron chi connectivity index (χ1n) is 4.26. The molecule has 0 fully saturated rings. The molecule has 82 valence electrons. The number of anilines is 1. The maximum Gasteiger partial charge on any atom is 0.260 e. The molecule has 0 N–H and O–H groups in total. The van der Waals surface area contributed by atoms with Crippen LogP contribution < -0.4 is 4.90 Å². The number of nitrogens with zero attached hydrogens (tertiary/aromatic N) is 5. The Kier molecular flexibility index (Phi) is 2.12. The van der Waals surface area contributed by atoms with Crippen LogP contribution in [-0.2, 0) is 9.59 Å². The van der Waals surface area contributed by atoms with Gasteiger partial charge in [-0.3, -0.25) is 9.59 Å². The number of imidazole rings is 1. The zero-order valence-electron chi connectivity index (χ0n) is 8.12. The molecule has 1 aliphatic heterocycles. The lowest BCUT2D eigenvalue weighted by atomic mass is 10.4. The van der Waals surface area contributed by atoms with Crippen molar-refractivity contribution in [2.24, 2.45) is 0 Å². The average molecular weight is 228 g/mol. The molecule has 0 aliphatic carbocycles. The molecule has 2 heterocycles. The molecule has 1 aromatic rings. The van der Waals surface area contributed by atoms with E-state index in [9.17, 15) is 14.8 Å². The molecule has 0 bridgehead atoms. The van der Waals surface area contributed by atoms with Gasteiger partial charge in [0.1, 0.15) is 12.1 Å². The van der Waals surface area contributed by atoms with Gasteiger partial charge in [0.15, 0.2) is 11.4 Å². The van der Waals surface area contributed by atoms with Gasteiger partial charge >= 0.3 is 0 Å². The fourth-order valence-corrected chi connectivity index (χ4v) is 1.31. The van der Waals surface area contributed by atoms with E-state index in [-0.39, 0.29) is 4.73 Å². The van der Waals surface area contributed by atoms with E-state index in [1.165, 1.54) is 12.1 Å². The lowest BCUT2D eigenvalue weighted by molar-refractivity contribution is -0.120. The Morgan fingerprint density at radius 1 is 1.18 bits per heavy atom. The number of hydrogen-bond donors (Lipinski definition) is 0. The number of rotatable bonds is 1. The topological polar surface area (TPSA) is 126 Å². The largest absolute Gasteiger partial charge is 0.803 e. The highest BCUT2D eigenvalue weighted by Gasteiger charge is 2.29. The van der Waals surface area contributed by atoms with E-state index in [2.05, 4.69) is 4.98 Å². The third-order valence-corrected chi connectivity index (χ3v) is 2.04. The van der Waals surface area contributed by atoms with Crippen LogP contribution in [-0.4, -0.2) is 21.5 Å². The summed E-state index contributed by atoms with van der Waals surface area (Å²) in [6, 6.07) is 3.02. The lowest BCUT2D eigenvalue weighted by Crippen LogP contribution is -2.31. The maximum absolute atomic E-state index is 11.6. The first kappa shape index (κ1) is 10.4. The summed E-state index contributed by atoms with van der Waals surface area (Å²) in [5.74, 6) is -2.07. The number of aromatic nitrogens is 2. The molecule has 1 aliphatic rings. The molecular formula is C9H2N5O3-. The molecule has 0 saturated carbocycles. The van der Waals surface area contributed by atoms with Crippen LogP contribution in [0.2, 0.25) is 0 Å². The fraction of sp³-hybridized carbons (Fsp3) is 0. The third-order valence-electron chi connectivity index (χ3n) is 2.04. The molecule has 0 unspecified atom stereocenters. The van der Waals surface area contributed by atoms with Crippen molar-refractivity contribution in [3.8, 4) is 12.1 Å². The average Bonchev–Trinajstić information content (AvgIpc) is 2.80. The molecule has 0 saturated heterocycles. The van der Waals surface area contributed by atoms with Crippen LogP contribution in [0.1, 0.15) is 11.4 Å². The summed E-state index contributed by atoms with van der Waals surface area (Å²) >= 11 is 0. The van der Waals surface area contributed by atoms with Crippen LogP contribution >= 0.6 is 0 Å². The monoisotopic (exact) mass is 228 g/mol. The number of hydrogen-bond acceptors (Lipinski definition) is 6. The van der Waals surface area contributed by atoms with Crippen LogP contribution in [0.4, 0.5) is 5.95 Å². The van der Waals surface area contributed by atoms with E-state index >= 15 is 0 Å². The standard InChI is InChI=1S/C9H2N5O3/c10-3-5-6(4-11)14(17)9(12-5)13-7(15)1-2-8(13)16/h1-2H/q-1. The summed E-state index contributed by atoms with van der Waals surface area (Å²) in [6.45, 7) is 0. The first-order chi connectivity index (χ1) is 8.10. The van der Waals surface area contributed by atoms with Crippen LogP contribution in [0.15, 0.2) is 12.2 Å².